The van der Waals surface area contributed by atoms with Gasteiger partial charge in [-0.1, -0.05) is 23.2 Å². The number of nitrogens with two attached hydrogens (primary N) is 1. The van der Waals surface area contributed by atoms with Crippen LogP contribution in [-0.2, 0) is 6.54 Å². The highest BCUT2D eigenvalue weighted by atomic mass is 35.5. The Morgan fingerprint density at radius 1 is 1.13 bits per heavy atom. The lowest BCUT2D eigenvalue weighted by Gasteiger charge is -2.10. The van der Waals surface area contributed by atoms with Crippen LogP contribution < -0.4 is 10.5 Å². The molecule has 0 fully saturated rings. The summed E-state index contributed by atoms with van der Waals surface area (Å²) in [6, 6.07) is 12.0. The number of benzene rings is 2. The van der Waals surface area contributed by atoms with Gasteiger partial charge >= 0.3 is 0 Å². The summed E-state index contributed by atoms with van der Waals surface area (Å²) in [4.78, 5) is 7.65. The highest BCUT2D eigenvalue weighted by molar-refractivity contribution is 6.33. The monoisotopic (exact) mass is 449 g/mol. The fraction of sp³-hybridized carbons (Fsp3) is 0.0476. The van der Waals surface area contributed by atoms with E-state index in [4.69, 9.17) is 40.2 Å². The lowest BCUT2D eigenvalue weighted by molar-refractivity contribution is 0.489. The molecule has 0 aliphatic heterocycles. The maximum atomic E-state index is 7.21. The Morgan fingerprint density at radius 2 is 2.00 bits per heavy atom. The molecular formula is C21H13Cl2N7O. The van der Waals surface area contributed by atoms with Crippen molar-refractivity contribution in [3.63, 3.8) is 0 Å². The van der Waals surface area contributed by atoms with Crippen molar-refractivity contribution in [1.82, 2.24) is 25.0 Å². The van der Waals surface area contributed by atoms with Crippen molar-refractivity contribution >= 4 is 56.6 Å². The van der Waals surface area contributed by atoms with Gasteiger partial charge in [-0.3, -0.25) is 9.78 Å². The summed E-state index contributed by atoms with van der Waals surface area (Å²) in [5.74, 6) is 1.28. The Kier molecular flexibility index (Phi) is 4.62. The zero-order chi connectivity index (χ0) is 21.5. The molecule has 0 bridgehead atoms. The van der Waals surface area contributed by atoms with Gasteiger partial charge in [-0.25, -0.2) is 9.83 Å². The topological polar surface area (TPSA) is 99.0 Å². The number of nitrogen functional groups attached to an aromatic ring is 1. The third-order valence-corrected chi connectivity index (χ3v) is 5.27. The van der Waals surface area contributed by atoms with Crippen molar-refractivity contribution < 1.29 is 4.74 Å². The molecule has 0 radical (unpaired) electrons. The predicted molar refractivity (Wildman–Crippen MR) is 120 cm³/mol. The van der Waals surface area contributed by atoms with Gasteiger partial charge in [0.05, 0.1) is 40.9 Å². The third-order valence-electron chi connectivity index (χ3n) is 4.76. The Balaban J connectivity index is 1.54. The van der Waals surface area contributed by atoms with Gasteiger partial charge in [-0.15, -0.1) is 0 Å². The largest absolute Gasteiger partial charge is 0.456 e. The average molecular weight is 450 g/mol. The van der Waals surface area contributed by atoms with Gasteiger partial charge in [-0.05, 0) is 42.5 Å². The molecule has 0 saturated heterocycles. The fourth-order valence-corrected chi connectivity index (χ4v) is 3.78. The summed E-state index contributed by atoms with van der Waals surface area (Å²) in [6.07, 6.45) is 1.68. The zero-order valence-corrected chi connectivity index (χ0v) is 17.3. The molecule has 152 valence electrons. The Labute approximate surface area is 186 Å². The smallest absolute Gasteiger partial charge is 0.192 e. The number of aromatic amines is 1. The van der Waals surface area contributed by atoms with Crippen LogP contribution in [0.2, 0.25) is 10.0 Å². The van der Waals surface area contributed by atoms with E-state index in [0.29, 0.717) is 45.2 Å². The lowest BCUT2D eigenvalue weighted by atomic mass is 10.2. The van der Waals surface area contributed by atoms with Crippen LogP contribution in [0.4, 0.5) is 11.5 Å². The highest BCUT2D eigenvalue weighted by Crippen LogP contribution is 2.38. The first-order chi connectivity index (χ1) is 15.0. The van der Waals surface area contributed by atoms with Crippen molar-refractivity contribution in [3.8, 4) is 11.5 Å². The van der Waals surface area contributed by atoms with Gasteiger partial charge < -0.3 is 10.5 Å². The van der Waals surface area contributed by atoms with E-state index >= 15 is 0 Å². The second-order valence-electron chi connectivity index (χ2n) is 6.77. The van der Waals surface area contributed by atoms with Crippen molar-refractivity contribution in [2.75, 3.05) is 5.73 Å². The number of aromatic nitrogens is 5. The average Bonchev–Trinajstić information content (AvgIpc) is 3.34. The molecular weight excluding hydrogens is 437 g/mol. The van der Waals surface area contributed by atoms with Crippen LogP contribution >= 0.6 is 23.2 Å². The minimum atomic E-state index is 0.376. The van der Waals surface area contributed by atoms with Crippen LogP contribution in [-0.4, -0.2) is 25.0 Å². The van der Waals surface area contributed by atoms with E-state index in [-0.39, 0.29) is 0 Å². The molecule has 2 aromatic carbocycles. The number of nitrogens with zero attached hydrogens (tertiary/aromatic N) is 5. The van der Waals surface area contributed by atoms with E-state index in [1.807, 2.05) is 12.1 Å². The standard InChI is InChI=1S/C21H13Cl2N7O/c1-25-12-6-11(22)7-13(8-12)31-20-15-9-26-30(18(15)4-3-16(20)23)10-17-14-2-5-19(24)27-21(14)29-28-17/h2-9H,10H2,(H3,24,27,28,29). The van der Waals surface area contributed by atoms with E-state index in [0.717, 1.165) is 22.0 Å². The second-order valence-corrected chi connectivity index (χ2v) is 7.62. The first kappa shape index (κ1) is 19.2. The predicted octanol–water partition coefficient (Wildman–Crippen LogP) is 5.59. The van der Waals surface area contributed by atoms with Crippen molar-refractivity contribution in [3.05, 3.63) is 75.8 Å². The zero-order valence-electron chi connectivity index (χ0n) is 15.8. The summed E-state index contributed by atoms with van der Waals surface area (Å²) in [5, 5.41) is 14.2. The van der Waals surface area contributed by atoms with Gasteiger partial charge in [0.2, 0.25) is 0 Å². The number of hydrogen-bond acceptors (Lipinski definition) is 5. The number of ether oxygens (including phenoxy) is 1. The molecule has 5 aromatic rings. The van der Waals surface area contributed by atoms with Crippen molar-refractivity contribution in [2.24, 2.45) is 0 Å². The number of hydrogen-bond donors (Lipinski definition) is 2. The SMILES string of the molecule is [C-]#[N+]c1cc(Cl)cc(Oc2c(Cl)ccc3c2cnn3Cc2n[nH]c3nc(N)ccc23)c1. The van der Waals surface area contributed by atoms with E-state index in [2.05, 4.69) is 25.1 Å². The molecule has 31 heavy (non-hydrogen) atoms. The molecule has 0 spiro atoms. The van der Waals surface area contributed by atoms with Crippen molar-refractivity contribution in [1.29, 1.82) is 0 Å². The summed E-state index contributed by atoms with van der Waals surface area (Å²) >= 11 is 12.5. The molecule has 0 saturated carbocycles. The molecule has 0 amide bonds. The minimum Gasteiger partial charge on any atom is -0.456 e. The number of H-pyrrole nitrogens is 1. The van der Waals surface area contributed by atoms with Crippen LogP contribution in [0.5, 0.6) is 11.5 Å². The highest BCUT2D eigenvalue weighted by Gasteiger charge is 2.16. The molecule has 0 aliphatic carbocycles. The molecule has 0 aliphatic rings. The van der Waals surface area contributed by atoms with Crippen LogP contribution in [0.25, 0.3) is 26.8 Å². The van der Waals surface area contributed by atoms with E-state index < -0.39 is 0 Å². The number of anilines is 1. The van der Waals surface area contributed by atoms with E-state index in [9.17, 15) is 0 Å². The number of nitrogens with one attached hydrogen (secondary N) is 1. The third kappa shape index (κ3) is 3.50. The summed E-state index contributed by atoms with van der Waals surface area (Å²) < 4.78 is 7.82. The Hall–Kier alpha value is -3.80. The van der Waals surface area contributed by atoms with Gasteiger partial charge in [0.15, 0.2) is 17.1 Å². The van der Waals surface area contributed by atoms with Crippen molar-refractivity contribution in [2.45, 2.75) is 6.54 Å². The lowest BCUT2D eigenvalue weighted by Crippen LogP contribution is -2.02. The molecule has 3 N–H and O–H groups in total. The fourth-order valence-electron chi connectivity index (χ4n) is 3.36. The molecule has 5 rings (SSSR count). The van der Waals surface area contributed by atoms with E-state index in [1.54, 1.807) is 41.2 Å². The maximum Gasteiger partial charge on any atom is 0.192 e. The normalized spacial score (nSPS) is 11.1. The second kappa shape index (κ2) is 7.47. The molecule has 3 aromatic heterocycles. The van der Waals surface area contributed by atoms with Gasteiger partial charge in [0, 0.05) is 10.4 Å². The molecule has 3 heterocycles. The summed E-state index contributed by atoms with van der Waals surface area (Å²) in [5.41, 5.74) is 8.32. The summed E-state index contributed by atoms with van der Waals surface area (Å²) in [6.45, 7) is 7.62. The van der Waals surface area contributed by atoms with Gasteiger partial charge in [0.25, 0.3) is 0 Å². The quantitative estimate of drug-likeness (QED) is 0.348. The minimum absolute atomic E-state index is 0.376. The number of pyridine rings is 1. The van der Waals surface area contributed by atoms with Gasteiger partial charge in [0.1, 0.15) is 11.6 Å². The summed E-state index contributed by atoms with van der Waals surface area (Å²) in [7, 11) is 0. The Bertz CT molecular complexity index is 1500. The molecule has 0 atom stereocenters. The maximum absolute atomic E-state index is 7.21. The van der Waals surface area contributed by atoms with Gasteiger partial charge in [-0.2, -0.15) is 10.2 Å². The number of fused-ring (bicyclic) bond motifs is 2. The number of halogens is 2. The van der Waals surface area contributed by atoms with Crippen LogP contribution in [0, 0.1) is 6.57 Å². The van der Waals surface area contributed by atoms with Crippen LogP contribution in [0.1, 0.15) is 5.69 Å². The molecule has 0 unspecified atom stereocenters. The molecule has 10 heteroatoms. The molecule has 8 nitrogen and oxygen atoms in total. The van der Waals surface area contributed by atoms with E-state index in [1.165, 1.54) is 0 Å². The number of rotatable bonds is 4. The van der Waals surface area contributed by atoms with Crippen LogP contribution in [0.3, 0.4) is 0 Å². The first-order valence-electron chi connectivity index (χ1n) is 9.11. The Morgan fingerprint density at radius 3 is 2.84 bits per heavy atom. The first-order valence-corrected chi connectivity index (χ1v) is 9.87. The van der Waals surface area contributed by atoms with Crippen LogP contribution in [0.15, 0.2) is 48.7 Å².